The first kappa shape index (κ1) is 7.07. The maximum Gasteiger partial charge on any atom is 0.141 e. The molecule has 0 unspecified atom stereocenters. The van der Waals surface area contributed by atoms with Gasteiger partial charge in [0.15, 0.2) is 0 Å². The Morgan fingerprint density at radius 3 is 2.83 bits per heavy atom. The first-order valence-electron chi connectivity index (χ1n) is 4.97. The lowest BCUT2D eigenvalue weighted by atomic mass is 9.54. The molecule has 0 saturated heterocycles. The van der Waals surface area contributed by atoms with Crippen LogP contribution in [0.4, 0.5) is 0 Å². The number of aliphatic hydroxyl groups excluding tert-OH is 1. The molecule has 0 aromatic rings. The highest BCUT2D eigenvalue weighted by Crippen LogP contribution is 2.51. The van der Waals surface area contributed by atoms with Crippen LogP contribution in [0.15, 0.2) is 0 Å². The van der Waals surface area contributed by atoms with Crippen LogP contribution in [0, 0.1) is 23.7 Å². The molecule has 12 heavy (non-hydrogen) atoms. The summed E-state index contributed by atoms with van der Waals surface area (Å²) in [5.41, 5.74) is 0. The standard InChI is InChI=1S/C10H14O2/c11-9-6-1-5-2-7(4-6)10(12)8(9)3-5/h5-9,11H,1-4H2/t5-,6-,7-,8-,9+/m0/s1. The van der Waals surface area contributed by atoms with Gasteiger partial charge >= 0.3 is 0 Å². The Hall–Kier alpha value is -0.370. The molecule has 4 rings (SSSR count). The van der Waals surface area contributed by atoms with Crippen molar-refractivity contribution in [1.82, 2.24) is 0 Å². The minimum absolute atomic E-state index is 0.0289. The van der Waals surface area contributed by atoms with Gasteiger partial charge in [0.05, 0.1) is 6.10 Å². The van der Waals surface area contributed by atoms with E-state index in [0.29, 0.717) is 17.6 Å². The topological polar surface area (TPSA) is 37.3 Å². The van der Waals surface area contributed by atoms with Crippen molar-refractivity contribution in [3.63, 3.8) is 0 Å². The van der Waals surface area contributed by atoms with E-state index in [4.69, 9.17) is 0 Å². The van der Waals surface area contributed by atoms with Crippen LogP contribution in [0.2, 0.25) is 0 Å². The first-order valence-corrected chi connectivity index (χ1v) is 4.97. The van der Waals surface area contributed by atoms with E-state index in [1.54, 1.807) is 0 Å². The zero-order valence-corrected chi connectivity index (χ0v) is 7.07. The molecule has 4 saturated carbocycles. The van der Waals surface area contributed by atoms with Gasteiger partial charge < -0.3 is 5.11 Å². The predicted octanol–water partition coefficient (Wildman–Crippen LogP) is 0.982. The van der Waals surface area contributed by atoms with Crippen LogP contribution in [0.3, 0.4) is 0 Å². The second-order valence-corrected chi connectivity index (χ2v) is 4.77. The van der Waals surface area contributed by atoms with Gasteiger partial charge in [-0.25, -0.2) is 0 Å². The lowest BCUT2D eigenvalue weighted by Crippen LogP contribution is -2.53. The van der Waals surface area contributed by atoms with Gasteiger partial charge in [0.2, 0.25) is 0 Å². The van der Waals surface area contributed by atoms with Crippen LogP contribution in [-0.4, -0.2) is 17.0 Å². The van der Waals surface area contributed by atoms with E-state index < -0.39 is 0 Å². The number of ketones is 1. The van der Waals surface area contributed by atoms with Crippen molar-refractivity contribution in [3.05, 3.63) is 0 Å². The summed E-state index contributed by atoms with van der Waals surface area (Å²) in [6, 6.07) is 0. The summed E-state index contributed by atoms with van der Waals surface area (Å²) in [5.74, 6) is 1.96. The molecule has 2 heteroatoms. The third-order valence-electron chi connectivity index (χ3n) is 4.09. The maximum atomic E-state index is 11.6. The molecule has 0 heterocycles. The van der Waals surface area contributed by atoms with Crippen LogP contribution in [0.5, 0.6) is 0 Å². The van der Waals surface area contributed by atoms with Crippen molar-refractivity contribution in [2.45, 2.75) is 31.8 Å². The lowest BCUT2D eigenvalue weighted by Gasteiger charge is -2.51. The van der Waals surface area contributed by atoms with Crippen LogP contribution in [0.1, 0.15) is 25.7 Å². The molecular weight excluding hydrogens is 152 g/mol. The van der Waals surface area contributed by atoms with E-state index in [9.17, 15) is 9.90 Å². The number of rotatable bonds is 0. The summed E-state index contributed by atoms with van der Waals surface area (Å²) in [6.07, 6.45) is 3.98. The number of Topliss-reactive ketones (excluding diaryl/α,β-unsaturated/α-hetero) is 1. The third-order valence-corrected chi connectivity index (χ3v) is 4.09. The molecule has 0 aromatic heterocycles. The lowest BCUT2D eigenvalue weighted by molar-refractivity contribution is -0.154. The van der Waals surface area contributed by atoms with E-state index >= 15 is 0 Å². The summed E-state index contributed by atoms with van der Waals surface area (Å²) < 4.78 is 0. The Bertz CT molecular complexity index is 236. The molecule has 4 fully saturated rings. The summed E-state index contributed by atoms with van der Waals surface area (Å²) in [4.78, 5) is 11.6. The summed E-state index contributed by atoms with van der Waals surface area (Å²) in [7, 11) is 0. The fourth-order valence-corrected chi connectivity index (χ4v) is 3.60. The Balaban J connectivity index is 1.98. The number of carbonyl (C=O) groups is 1. The van der Waals surface area contributed by atoms with Crippen molar-refractivity contribution >= 4 is 5.78 Å². The average molecular weight is 166 g/mol. The molecule has 4 aliphatic carbocycles. The molecule has 0 aromatic carbocycles. The number of hydrogen-bond acceptors (Lipinski definition) is 2. The summed E-state index contributed by atoms with van der Waals surface area (Å²) >= 11 is 0. The normalized spacial score (nSPS) is 56.4. The molecule has 5 atom stereocenters. The molecule has 0 aliphatic heterocycles. The summed E-state index contributed by atoms with van der Waals surface area (Å²) in [5, 5.41) is 9.78. The van der Waals surface area contributed by atoms with E-state index in [1.165, 1.54) is 6.42 Å². The van der Waals surface area contributed by atoms with Gasteiger partial charge in [-0.2, -0.15) is 0 Å². The van der Waals surface area contributed by atoms with Gasteiger partial charge in [0.25, 0.3) is 0 Å². The molecule has 0 spiro atoms. The molecule has 4 bridgehead atoms. The minimum atomic E-state index is -0.287. The van der Waals surface area contributed by atoms with E-state index in [0.717, 1.165) is 25.2 Å². The second-order valence-electron chi connectivity index (χ2n) is 4.77. The van der Waals surface area contributed by atoms with Crippen LogP contribution in [0.25, 0.3) is 0 Å². The highest BCUT2D eigenvalue weighted by atomic mass is 16.3. The highest BCUT2D eigenvalue weighted by molar-refractivity contribution is 5.86. The third kappa shape index (κ3) is 0.717. The van der Waals surface area contributed by atoms with Gasteiger partial charge in [-0.1, -0.05) is 0 Å². The Labute approximate surface area is 72.0 Å². The quantitative estimate of drug-likeness (QED) is 0.582. The molecular formula is C10H14O2. The van der Waals surface area contributed by atoms with Crippen molar-refractivity contribution < 1.29 is 9.90 Å². The molecule has 2 nitrogen and oxygen atoms in total. The monoisotopic (exact) mass is 166 g/mol. The van der Waals surface area contributed by atoms with Gasteiger partial charge in [-0.05, 0) is 37.5 Å². The highest BCUT2D eigenvalue weighted by Gasteiger charge is 2.52. The largest absolute Gasteiger partial charge is 0.392 e. The molecule has 1 N–H and O–H groups in total. The number of carbonyl (C=O) groups excluding carboxylic acids is 1. The van der Waals surface area contributed by atoms with Gasteiger partial charge in [-0.15, -0.1) is 0 Å². The van der Waals surface area contributed by atoms with Gasteiger partial charge in [0, 0.05) is 11.8 Å². The summed E-state index contributed by atoms with van der Waals surface area (Å²) in [6.45, 7) is 0. The van der Waals surface area contributed by atoms with Crippen molar-refractivity contribution in [2.75, 3.05) is 0 Å². The first-order chi connectivity index (χ1) is 5.75. The smallest absolute Gasteiger partial charge is 0.141 e. The fourth-order valence-electron chi connectivity index (χ4n) is 3.60. The number of aliphatic hydroxyl groups is 1. The maximum absolute atomic E-state index is 11.6. The molecule has 66 valence electrons. The molecule has 0 radical (unpaired) electrons. The minimum Gasteiger partial charge on any atom is -0.392 e. The van der Waals surface area contributed by atoms with Crippen LogP contribution < -0.4 is 0 Å². The SMILES string of the molecule is O=C1[C@H]2C[C@@H]3C[C@@H](C2)[C@@H](O)[C@@H]1C3. The molecule has 0 amide bonds. The van der Waals surface area contributed by atoms with Crippen molar-refractivity contribution in [2.24, 2.45) is 23.7 Å². The van der Waals surface area contributed by atoms with Crippen molar-refractivity contribution in [3.8, 4) is 0 Å². The van der Waals surface area contributed by atoms with E-state index in [-0.39, 0.29) is 12.0 Å². The Morgan fingerprint density at radius 1 is 1.17 bits per heavy atom. The Kier molecular flexibility index (Phi) is 1.24. The fraction of sp³-hybridized carbons (Fsp3) is 0.900. The number of hydrogen-bond donors (Lipinski definition) is 1. The molecule has 4 aliphatic rings. The van der Waals surface area contributed by atoms with Gasteiger partial charge in [-0.3, -0.25) is 4.79 Å². The Morgan fingerprint density at radius 2 is 2.00 bits per heavy atom. The average Bonchev–Trinajstić information content (AvgIpc) is 2.07. The van der Waals surface area contributed by atoms with E-state index in [2.05, 4.69) is 0 Å². The van der Waals surface area contributed by atoms with Crippen LogP contribution in [-0.2, 0) is 4.79 Å². The predicted molar refractivity (Wildman–Crippen MR) is 43.4 cm³/mol. The second kappa shape index (κ2) is 2.11. The van der Waals surface area contributed by atoms with Crippen molar-refractivity contribution in [1.29, 1.82) is 0 Å². The van der Waals surface area contributed by atoms with E-state index in [1.807, 2.05) is 0 Å². The zero-order chi connectivity index (χ0) is 8.29. The van der Waals surface area contributed by atoms with Crippen LogP contribution >= 0.6 is 0 Å². The van der Waals surface area contributed by atoms with Gasteiger partial charge in [0.1, 0.15) is 5.78 Å². The zero-order valence-electron chi connectivity index (χ0n) is 7.07.